The predicted molar refractivity (Wildman–Crippen MR) is 13.3 cm³/mol. The first kappa shape index (κ1) is 26.7. The summed E-state index contributed by atoms with van der Waals surface area (Å²) in [5, 5.41) is 0. The molecule has 0 aliphatic carbocycles. The molecule has 1 radical (unpaired) electrons. The first-order valence-electron chi connectivity index (χ1n) is 0.236. The molecule has 0 aromatic carbocycles. The molecule has 0 heterocycles. The summed E-state index contributed by atoms with van der Waals surface area (Å²) in [7, 11) is 4.00. The van der Waals surface area contributed by atoms with Crippen LogP contribution in [0.4, 0.5) is 0 Å². The average molecular weight is 229 g/mol. The minimum atomic E-state index is 0. The molecule has 5 heteroatoms. The van der Waals surface area contributed by atoms with Gasteiger partial charge in [0.05, 0.1) is 0 Å². The van der Waals surface area contributed by atoms with Crippen molar-refractivity contribution >= 4 is 25.1 Å². The monoisotopic (exact) mass is 229 g/mol. The summed E-state index contributed by atoms with van der Waals surface area (Å²) in [4.78, 5) is 0. The van der Waals surface area contributed by atoms with E-state index in [-0.39, 0.29) is 50.6 Å². The Balaban J connectivity index is -0.00000000167. The number of rotatable bonds is 0. The Morgan fingerprint density at radius 3 is 1.00 bits per heavy atom. The minimum Gasteiger partial charge on any atom is 0 e. The van der Waals surface area contributed by atoms with E-state index >= 15 is 0 Å². The third-order valence-electron chi connectivity index (χ3n) is 0. The van der Waals surface area contributed by atoms with Gasteiger partial charge in [0, 0.05) is 50.6 Å². The van der Waals surface area contributed by atoms with Crippen LogP contribution in [0.3, 0.4) is 0 Å². The van der Waals surface area contributed by atoms with Gasteiger partial charge in [-0.2, -0.15) is 0 Å². The first-order chi connectivity index (χ1) is 1.00. The molecule has 0 atom stereocenters. The molecule has 35 valence electrons. The van der Waals surface area contributed by atoms with Crippen LogP contribution in [0.15, 0.2) is 0 Å². The Kier molecular flexibility index (Phi) is 179. The van der Waals surface area contributed by atoms with E-state index in [2.05, 4.69) is 10.5 Å². The zero-order valence-corrected chi connectivity index (χ0v) is 7.18. The van der Waals surface area contributed by atoms with Gasteiger partial charge < -0.3 is 0 Å². The zero-order chi connectivity index (χ0) is 2.00. The van der Waals surface area contributed by atoms with Crippen LogP contribution >= 0.6 is 10.5 Å². The van der Waals surface area contributed by atoms with Gasteiger partial charge in [0.2, 0.25) is 0 Å². The van der Waals surface area contributed by atoms with E-state index in [0.717, 1.165) is 0 Å². The maximum absolute atomic E-state index is 4.00. The molecule has 0 aromatic heterocycles. The first-order valence-corrected chi connectivity index (χ1v) is 2.12. The molecule has 0 aromatic rings. The second kappa shape index (κ2) is 33.6. The fourth-order valence-electron chi connectivity index (χ4n) is 0. The third kappa shape index (κ3) is 22.1. The molecule has 0 bridgehead atoms. The largest absolute Gasteiger partial charge is 0 e. The summed E-state index contributed by atoms with van der Waals surface area (Å²) in [6.45, 7) is 0. The van der Waals surface area contributed by atoms with Crippen LogP contribution in [0.5, 0.6) is 0 Å². The van der Waals surface area contributed by atoms with E-state index in [1.807, 2.05) is 14.6 Å². The maximum atomic E-state index is 4.00. The van der Waals surface area contributed by atoms with Crippen LogP contribution in [0.1, 0.15) is 0 Å². The quantitative estimate of drug-likeness (QED) is 0.537. The number of hydrogen-bond acceptors (Lipinski definition) is 1. The molecule has 0 amide bonds. The predicted octanol–water partition coefficient (Wildman–Crippen LogP) is 0.260. The summed E-state index contributed by atoms with van der Waals surface area (Å²) < 4.78 is 0. The van der Waals surface area contributed by atoms with E-state index < -0.39 is 0 Å². The van der Waals surface area contributed by atoms with Crippen molar-refractivity contribution < 1.29 is 50.6 Å². The van der Waals surface area contributed by atoms with Crippen LogP contribution in [-0.2, 0) is 50.6 Å². The SMILES string of the molecule is [Al]=[S].[Fe].[Fe].[Ni]. The topological polar surface area (TPSA) is 0 Å². The summed E-state index contributed by atoms with van der Waals surface area (Å²) in [5.41, 5.74) is 0. The Morgan fingerprint density at radius 2 is 1.00 bits per heavy atom. The molecule has 0 fully saturated rings. The van der Waals surface area contributed by atoms with Gasteiger partial charge in [0.25, 0.3) is 0 Å². The van der Waals surface area contributed by atoms with Crippen molar-refractivity contribution in [1.82, 2.24) is 0 Å². The summed E-state index contributed by atoms with van der Waals surface area (Å²) in [6, 6.07) is 0. The molecule has 0 spiro atoms. The van der Waals surface area contributed by atoms with Gasteiger partial charge in [-0.3, -0.25) is 0 Å². The molecular weight excluding hydrogens is 229 g/mol. The van der Waals surface area contributed by atoms with Crippen molar-refractivity contribution in [1.29, 1.82) is 0 Å². The molecule has 0 nitrogen and oxygen atoms in total. The molecule has 0 aliphatic rings. The standard InChI is InChI=1S/Al.2Fe.Ni.S. The molecular formula is AlFe2NiS. The molecule has 0 saturated carbocycles. The normalized spacial score (nSPS) is 0.600. The van der Waals surface area contributed by atoms with Crippen LogP contribution in [-0.4, -0.2) is 14.6 Å². The van der Waals surface area contributed by atoms with Crippen LogP contribution in [0.2, 0.25) is 0 Å². The van der Waals surface area contributed by atoms with Gasteiger partial charge in [-0.25, -0.2) is 0 Å². The van der Waals surface area contributed by atoms with Crippen molar-refractivity contribution in [2.45, 2.75) is 0 Å². The number of hydrogen-bond donors (Lipinski definition) is 0. The summed E-state index contributed by atoms with van der Waals surface area (Å²) >= 11 is 2.00. The van der Waals surface area contributed by atoms with Crippen LogP contribution < -0.4 is 0 Å². The van der Waals surface area contributed by atoms with Crippen LogP contribution in [0, 0.1) is 0 Å². The second-order valence-corrected chi connectivity index (χ2v) is 0. The van der Waals surface area contributed by atoms with E-state index in [1.54, 1.807) is 0 Å². The zero-order valence-electron chi connectivity index (χ0n) is 2.01. The maximum Gasteiger partial charge on any atom is 0 e. The molecule has 5 heavy (non-hydrogen) atoms. The van der Waals surface area contributed by atoms with Crippen molar-refractivity contribution in [2.75, 3.05) is 0 Å². The van der Waals surface area contributed by atoms with Gasteiger partial charge in [-0.15, -0.1) is 0 Å². The van der Waals surface area contributed by atoms with Crippen LogP contribution in [0.25, 0.3) is 0 Å². The summed E-state index contributed by atoms with van der Waals surface area (Å²) in [5.74, 6) is 0. The molecule has 0 N–H and O–H groups in total. The van der Waals surface area contributed by atoms with E-state index in [4.69, 9.17) is 0 Å². The third-order valence-corrected chi connectivity index (χ3v) is 0. The Bertz CT molecular complexity index is 9.61. The molecule has 0 rings (SSSR count). The Labute approximate surface area is 75.0 Å². The van der Waals surface area contributed by atoms with E-state index in [9.17, 15) is 0 Å². The Hall–Kier alpha value is 2.28. The second-order valence-electron chi connectivity index (χ2n) is 0. The molecule has 0 aliphatic heterocycles. The van der Waals surface area contributed by atoms with E-state index in [1.165, 1.54) is 0 Å². The van der Waals surface area contributed by atoms with E-state index in [0.29, 0.717) is 0 Å². The van der Waals surface area contributed by atoms with Gasteiger partial charge in [-0.05, 0) is 0 Å². The smallest absolute Gasteiger partial charge is 0 e. The van der Waals surface area contributed by atoms with Crippen molar-refractivity contribution in [3.05, 3.63) is 0 Å². The fraction of sp³-hybridized carbons (Fsp3) is 0. The van der Waals surface area contributed by atoms with Crippen molar-refractivity contribution in [2.24, 2.45) is 0 Å². The Morgan fingerprint density at radius 1 is 1.00 bits per heavy atom. The van der Waals surface area contributed by atoms with Crippen molar-refractivity contribution in [3.63, 3.8) is 0 Å². The molecule has 0 unspecified atom stereocenters. The van der Waals surface area contributed by atoms with Gasteiger partial charge in [0.1, 0.15) is 0 Å². The fourth-order valence-corrected chi connectivity index (χ4v) is 0. The minimum absolute atomic E-state index is 0. The molecule has 0 saturated heterocycles. The average Bonchev–Trinajstić information content (AvgIpc) is 1.00. The van der Waals surface area contributed by atoms with Crippen molar-refractivity contribution in [3.8, 4) is 0 Å². The van der Waals surface area contributed by atoms with Gasteiger partial charge in [0.15, 0.2) is 0 Å². The van der Waals surface area contributed by atoms with Gasteiger partial charge >= 0.3 is 25.1 Å². The summed E-state index contributed by atoms with van der Waals surface area (Å²) in [6.07, 6.45) is 0. The van der Waals surface area contributed by atoms with Gasteiger partial charge in [-0.1, -0.05) is 0 Å².